The first-order valence-electron chi connectivity index (χ1n) is 6.30. The second-order valence-electron chi connectivity index (χ2n) is 4.88. The molecule has 1 aromatic rings. The Morgan fingerprint density at radius 1 is 1.38 bits per heavy atom. The molecule has 3 heterocycles. The van der Waals surface area contributed by atoms with Crippen LogP contribution in [-0.4, -0.2) is 24.6 Å². The van der Waals surface area contributed by atoms with Crippen LogP contribution >= 0.6 is 0 Å². The zero-order chi connectivity index (χ0) is 10.8. The molecule has 0 radical (unpaired) electrons. The van der Waals surface area contributed by atoms with Crippen LogP contribution < -0.4 is 10.6 Å². The number of hydrogen-bond donors (Lipinski definition) is 2. The van der Waals surface area contributed by atoms with E-state index in [-0.39, 0.29) is 0 Å². The second-order valence-corrected chi connectivity index (χ2v) is 4.88. The minimum absolute atomic E-state index is 0.430. The fourth-order valence-corrected chi connectivity index (χ4v) is 2.65. The first kappa shape index (κ1) is 10.3. The van der Waals surface area contributed by atoms with E-state index in [2.05, 4.69) is 15.6 Å². The summed E-state index contributed by atoms with van der Waals surface area (Å²) in [6.45, 7) is 3.36. The van der Waals surface area contributed by atoms with Crippen molar-refractivity contribution in [3.63, 3.8) is 0 Å². The average Bonchev–Trinajstić information content (AvgIpc) is 2.99. The van der Waals surface area contributed by atoms with E-state index < -0.39 is 0 Å². The van der Waals surface area contributed by atoms with E-state index in [1.165, 1.54) is 19.3 Å². The molecule has 3 rings (SSSR count). The second kappa shape index (κ2) is 4.55. The van der Waals surface area contributed by atoms with E-state index >= 15 is 0 Å². The molecule has 2 unspecified atom stereocenters. The fourth-order valence-electron chi connectivity index (χ4n) is 2.65. The summed E-state index contributed by atoms with van der Waals surface area (Å²) < 4.78 is 5.56. The maximum Gasteiger partial charge on any atom is 0.194 e. The van der Waals surface area contributed by atoms with Gasteiger partial charge in [-0.1, -0.05) is 0 Å². The Hall–Kier alpha value is -0.870. The van der Waals surface area contributed by atoms with Gasteiger partial charge in [0.15, 0.2) is 5.89 Å². The largest absolute Gasteiger partial charge is 0.449 e. The van der Waals surface area contributed by atoms with Crippen LogP contribution in [0.4, 0.5) is 0 Å². The Balaban J connectivity index is 1.62. The zero-order valence-corrected chi connectivity index (χ0v) is 9.54. The highest BCUT2D eigenvalue weighted by molar-refractivity contribution is 5.05. The van der Waals surface area contributed by atoms with E-state index in [1.54, 1.807) is 0 Å². The topological polar surface area (TPSA) is 50.1 Å². The Labute approximate surface area is 95.8 Å². The van der Waals surface area contributed by atoms with Crippen molar-refractivity contribution in [2.75, 3.05) is 19.6 Å². The van der Waals surface area contributed by atoms with Crippen LogP contribution in [0.25, 0.3) is 0 Å². The quantitative estimate of drug-likeness (QED) is 0.806. The number of oxazole rings is 1. The van der Waals surface area contributed by atoms with Crippen molar-refractivity contribution in [3.05, 3.63) is 17.8 Å². The number of nitrogens with one attached hydrogen (secondary N) is 2. The maximum absolute atomic E-state index is 5.56. The van der Waals surface area contributed by atoms with Gasteiger partial charge in [0.05, 0.1) is 11.7 Å². The summed E-state index contributed by atoms with van der Waals surface area (Å²) in [6.07, 6.45) is 6.51. The van der Waals surface area contributed by atoms with E-state index in [1.807, 2.05) is 6.26 Å². The molecule has 2 fully saturated rings. The lowest BCUT2D eigenvalue weighted by molar-refractivity contribution is 0.442. The van der Waals surface area contributed by atoms with Crippen molar-refractivity contribution in [1.29, 1.82) is 0 Å². The Kier molecular flexibility index (Phi) is 2.93. The van der Waals surface area contributed by atoms with Crippen molar-refractivity contribution in [2.24, 2.45) is 5.92 Å². The highest BCUT2D eigenvalue weighted by Gasteiger charge is 2.22. The predicted molar refractivity (Wildman–Crippen MR) is 61.2 cm³/mol. The summed E-state index contributed by atoms with van der Waals surface area (Å²) in [6, 6.07) is 0.430. The van der Waals surface area contributed by atoms with E-state index in [4.69, 9.17) is 4.42 Å². The van der Waals surface area contributed by atoms with Crippen LogP contribution in [0.5, 0.6) is 0 Å². The van der Waals surface area contributed by atoms with Crippen molar-refractivity contribution < 1.29 is 4.42 Å². The molecule has 0 saturated carbocycles. The van der Waals surface area contributed by atoms with Crippen LogP contribution in [0.15, 0.2) is 10.7 Å². The molecule has 2 atom stereocenters. The van der Waals surface area contributed by atoms with E-state index in [0.717, 1.165) is 37.6 Å². The summed E-state index contributed by atoms with van der Waals surface area (Å²) in [4.78, 5) is 4.60. The van der Waals surface area contributed by atoms with Gasteiger partial charge >= 0.3 is 0 Å². The molecular formula is C12H19N3O. The van der Waals surface area contributed by atoms with Gasteiger partial charge in [-0.2, -0.15) is 0 Å². The third-order valence-corrected chi connectivity index (χ3v) is 3.61. The minimum atomic E-state index is 0.430. The van der Waals surface area contributed by atoms with Crippen LogP contribution in [0.1, 0.15) is 36.9 Å². The van der Waals surface area contributed by atoms with Crippen LogP contribution in [0, 0.1) is 5.92 Å². The van der Waals surface area contributed by atoms with Gasteiger partial charge < -0.3 is 15.1 Å². The molecule has 2 saturated heterocycles. The lowest BCUT2D eigenvalue weighted by Crippen LogP contribution is -2.13. The molecular weight excluding hydrogens is 202 g/mol. The van der Waals surface area contributed by atoms with Crippen LogP contribution in [0.2, 0.25) is 0 Å². The first-order chi connectivity index (χ1) is 7.92. The van der Waals surface area contributed by atoms with Crippen molar-refractivity contribution in [1.82, 2.24) is 15.6 Å². The SMILES string of the molecule is c1oc(CC2CCNC2)nc1C1CCCN1. The molecule has 88 valence electrons. The van der Waals surface area contributed by atoms with Gasteiger partial charge in [0.1, 0.15) is 6.26 Å². The number of hydrogen-bond acceptors (Lipinski definition) is 4. The lowest BCUT2D eigenvalue weighted by atomic mass is 10.1. The van der Waals surface area contributed by atoms with Gasteiger partial charge in [-0.05, 0) is 44.8 Å². The highest BCUT2D eigenvalue weighted by Crippen LogP contribution is 2.23. The summed E-state index contributed by atoms with van der Waals surface area (Å²) in [5.41, 5.74) is 1.10. The summed E-state index contributed by atoms with van der Waals surface area (Å²) >= 11 is 0. The highest BCUT2D eigenvalue weighted by atomic mass is 16.3. The normalized spacial score (nSPS) is 30.0. The Morgan fingerprint density at radius 2 is 2.38 bits per heavy atom. The van der Waals surface area contributed by atoms with Crippen LogP contribution in [-0.2, 0) is 6.42 Å². The van der Waals surface area contributed by atoms with Gasteiger partial charge in [-0.15, -0.1) is 0 Å². The standard InChI is InChI=1S/C12H19N3O/c1-2-10(14-4-1)11-8-16-12(15-11)6-9-3-5-13-7-9/h8-10,13-14H,1-7H2. The maximum atomic E-state index is 5.56. The number of nitrogens with zero attached hydrogens (tertiary/aromatic N) is 1. The lowest BCUT2D eigenvalue weighted by Gasteiger charge is -2.05. The summed E-state index contributed by atoms with van der Waals surface area (Å²) in [5.74, 6) is 1.63. The summed E-state index contributed by atoms with van der Waals surface area (Å²) in [5, 5.41) is 6.82. The van der Waals surface area contributed by atoms with Crippen molar-refractivity contribution in [2.45, 2.75) is 31.7 Å². The molecule has 4 heteroatoms. The molecule has 2 N–H and O–H groups in total. The molecule has 4 nitrogen and oxygen atoms in total. The van der Waals surface area contributed by atoms with E-state index in [0.29, 0.717) is 12.0 Å². The monoisotopic (exact) mass is 221 g/mol. The van der Waals surface area contributed by atoms with Gasteiger partial charge in [0.25, 0.3) is 0 Å². The van der Waals surface area contributed by atoms with E-state index in [9.17, 15) is 0 Å². The molecule has 1 aromatic heterocycles. The minimum Gasteiger partial charge on any atom is -0.449 e. The van der Waals surface area contributed by atoms with Crippen molar-refractivity contribution in [3.8, 4) is 0 Å². The van der Waals surface area contributed by atoms with Gasteiger partial charge in [0.2, 0.25) is 0 Å². The molecule has 0 aliphatic carbocycles. The van der Waals surface area contributed by atoms with Crippen LogP contribution in [0.3, 0.4) is 0 Å². The molecule has 2 aliphatic heterocycles. The predicted octanol–water partition coefficient (Wildman–Crippen LogP) is 1.25. The van der Waals surface area contributed by atoms with Gasteiger partial charge in [-0.3, -0.25) is 0 Å². The fraction of sp³-hybridized carbons (Fsp3) is 0.750. The molecule has 0 spiro atoms. The molecule has 0 amide bonds. The van der Waals surface area contributed by atoms with Crippen molar-refractivity contribution >= 4 is 0 Å². The zero-order valence-electron chi connectivity index (χ0n) is 9.54. The number of aromatic nitrogens is 1. The molecule has 0 aromatic carbocycles. The molecule has 2 aliphatic rings. The third kappa shape index (κ3) is 2.13. The number of rotatable bonds is 3. The third-order valence-electron chi connectivity index (χ3n) is 3.61. The average molecular weight is 221 g/mol. The van der Waals surface area contributed by atoms with Gasteiger partial charge in [-0.25, -0.2) is 4.98 Å². The Bertz CT molecular complexity index is 338. The first-order valence-corrected chi connectivity index (χ1v) is 6.30. The molecule has 16 heavy (non-hydrogen) atoms. The smallest absolute Gasteiger partial charge is 0.194 e. The Morgan fingerprint density at radius 3 is 3.12 bits per heavy atom. The molecule has 0 bridgehead atoms. The summed E-state index contributed by atoms with van der Waals surface area (Å²) in [7, 11) is 0. The van der Waals surface area contributed by atoms with Gasteiger partial charge in [0, 0.05) is 6.42 Å².